The van der Waals surface area contributed by atoms with Crippen LogP contribution in [0.25, 0.3) is 49.7 Å². The number of rotatable bonds is 20. The second-order valence-electron chi connectivity index (χ2n) is 22.9. The first-order chi connectivity index (χ1) is 46.2. The number of hydrogen-bond donors (Lipinski definition) is 0. The van der Waals surface area contributed by atoms with Gasteiger partial charge in [0.1, 0.15) is 28.7 Å². The Morgan fingerprint density at radius 2 is 0.436 bits per heavy atom. The van der Waals surface area contributed by atoms with E-state index in [2.05, 4.69) is 280 Å². The highest BCUT2D eigenvalue weighted by molar-refractivity contribution is 6.12. The van der Waals surface area contributed by atoms with Crippen LogP contribution in [-0.4, -0.2) is 40.1 Å². The molecular formula is C84H69N5O5. The Hall–Kier alpha value is -12.1. The smallest absolute Gasteiger partial charge is 0.119 e. The van der Waals surface area contributed by atoms with Gasteiger partial charge >= 0.3 is 0 Å². The molecule has 10 heteroatoms. The molecule has 1 aromatic heterocycles. The third-order valence-electron chi connectivity index (χ3n) is 17.4. The van der Waals surface area contributed by atoms with E-state index in [1.54, 1.807) is 35.5 Å². The molecule has 0 aliphatic heterocycles. The van der Waals surface area contributed by atoms with Crippen LogP contribution in [0.5, 0.6) is 28.7 Å². The van der Waals surface area contributed by atoms with Crippen LogP contribution in [0, 0.1) is 6.92 Å². The molecule has 10 nitrogen and oxygen atoms in total. The Balaban J connectivity index is 0.827. The van der Waals surface area contributed by atoms with E-state index in [-0.39, 0.29) is 0 Å². The molecule has 0 atom stereocenters. The topological polar surface area (TPSA) is 64.0 Å². The van der Waals surface area contributed by atoms with Crippen LogP contribution in [0.1, 0.15) is 5.56 Å². The summed E-state index contributed by atoms with van der Waals surface area (Å²) in [6.45, 7) is 2.11. The highest BCUT2D eigenvalue weighted by Gasteiger charge is 2.22. The van der Waals surface area contributed by atoms with Gasteiger partial charge in [-0.05, 0) is 260 Å². The third kappa shape index (κ3) is 12.0. The van der Waals surface area contributed by atoms with Gasteiger partial charge in [0, 0.05) is 84.7 Å². The minimum absolute atomic E-state index is 0.783. The van der Waals surface area contributed by atoms with Gasteiger partial charge in [0.15, 0.2) is 0 Å². The lowest BCUT2D eigenvalue weighted by Gasteiger charge is -2.27. The summed E-state index contributed by atoms with van der Waals surface area (Å²) < 4.78 is 30.3. The number of fused-ring (bicyclic) bond motifs is 3. The number of nitrogens with zero attached hydrogens (tertiary/aromatic N) is 5. The molecule has 94 heavy (non-hydrogen) atoms. The Bertz CT molecular complexity index is 4820. The van der Waals surface area contributed by atoms with Crippen molar-refractivity contribution in [3.05, 3.63) is 315 Å². The lowest BCUT2D eigenvalue weighted by molar-refractivity contribution is 0.414. The first-order valence-electron chi connectivity index (χ1n) is 31.3. The zero-order valence-electron chi connectivity index (χ0n) is 53.2. The number of anilines is 12. The van der Waals surface area contributed by atoms with Crippen molar-refractivity contribution in [1.82, 2.24) is 4.57 Å². The predicted molar refractivity (Wildman–Crippen MR) is 388 cm³/mol. The Morgan fingerprint density at radius 3 is 0.681 bits per heavy atom. The van der Waals surface area contributed by atoms with Crippen molar-refractivity contribution >= 4 is 90.1 Å². The molecule has 0 saturated heterocycles. The summed E-state index contributed by atoms with van der Waals surface area (Å²) in [5.41, 5.74) is 21.1. The van der Waals surface area contributed by atoms with Gasteiger partial charge in [-0.15, -0.1) is 0 Å². The number of aryl methyl sites for hydroxylation is 1. The monoisotopic (exact) mass is 1230 g/mol. The van der Waals surface area contributed by atoms with E-state index in [0.717, 1.165) is 147 Å². The molecule has 0 fully saturated rings. The maximum absolute atomic E-state index is 5.70. The van der Waals surface area contributed by atoms with Crippen molar-refractivity contribution in [3.63, 3.8) is 0 Å². The van der Waals surface area contributed by atoms with Gasteiger partial charge in [0.2, 0.25) is 0 Å². The first-order valence-corrected chi connectivity index (χ1v) is 31.3. The standard InChI is InChI=1S/C84H69N5O5/c1-58-12-22-64(23-13-58)85(69-32-44-76(90-2)45-33-69)65-24-14-59(15-25-65)61-18-28-67(29-19-61)87(72-38-50-79(93-5)51-39-72)74-42-54-83-81(56-74)82-57-75(43-55-84(82)89(83)63-10-8-7-9-11-63)88(73-40-52-80(94-6)53-41-73)68-30-20-62(21-31-68)60-16-26-66(27-17-60)86(70-34-46-77(91-3)47-35-70)71-36-48-78(92-4)49-37-71/h7-57H,1-6H3. The number of methoxy groups -OCH3 is 5. The molecule has 0 N–H and O–H groups in total. The van der Waals surface area contributed by atoms with Gasteiger partial charge in [0.05, 0.1) is 46.6 Å². The zero-order chi connectivity index (χ0) is 64.1. The van der Waals surface area contributed by atoms with Gasteiger partial charge in [-0.3, -0.25) is 0 Å². The fourth-order valence-electron chi connectivity index (χ4n) is 12.5. The molecule has 14 aromatic rings. The maximum atomic E-state index is 5.70. The van der Waals surface area contributed by atoms with Crippen LogP contribution < -0.4 is 43.3 Å². The summed E-state index contributed by atoms with van der Waals surface area (Å²) >= 11 is 0. The van der Waals surface area contributed by atoms with E-state index in [0.29, 0.717) is 0 Å². The quantitative estimate of drug-likeness (QED) is 0.0742. The Morgan fingerprint density at radius 1 is 0.223 bits per heavy atom. The van der Waals surface area contributed by atoms with Crippen molar-refractivity contribution in [3.8, 4) is 56.7 Å². The molecule has 13 aromatic carbocycles. The van der Waals surface area contributed by atoms with Crippen molar-refractivity contribution in [2.24, 2.45) is 0 Å². The largest absolute Gasteiger partial charge is 0.497 e. The molecule has 460 valence electrons. The molecule has 0 bridgehead atoms. The van der Waals surface area contributed by atoms with E-state index in [1.807, 2.05) is 60.7 Å². The molecule has 0 aliphatic rings. The molecule has 0 unspecified atom stereocenters. The summed E-state index contributed by atoms with van der Waals surface area (Å²) in [4.78, 5) is 9.15. The highest BCUT2D eigenvalue weighted by Crippen LogP contribution is 2.46. The summed E-state index contributed by atoms with van der Waals surface area (Å²) in [6.07, 6.45) is 0. The van der Waals surface area contributed by atoms with Crippen molar-refractivity contribution in [2.45, 2.75) is 6.92 Å². The van der Waals surface area contributed by atoms with Gasteiger partial charge in [-0.25, -0.2) is 0 Å². The Labute approximate surface area is 549 Å². The van der Waals surface area contributed by atoms with Crippen LogP contribution in [0.2, 0.25) is 0 Å². The molecule has 0 amide bonds. The molecule has 0 saturated carbocycles. The molecule has 1 heterocycles. The van der Waals surface area contributed by atoms with E-state index < -0.39 is 0 Å². The fourth-order valence-corrected chi connectivity index (χ4v) is 12.5. The minimum atomic E-state index is 0.783. The summed E-state index contributed by atoms with van der Waals surface area (Å²) in [5.74, 6) is 3.98. The molecular weight excluding hydrogens is 1160 g/mol. The van der Waals surface area contributed by atoms with Crippen LogP contribution in [0.15, 0.2) is 309 Å². The lowest BCUT2D eigenvalue weighted by atomic mass is 10.0. The molecule has 0 aliphatic carbocycles. The van der Waals surface area contributed by atoms with Crippen LogP contribution in [-0.2, 0) is 0 Å². The van der Waals surface area contributed by atoms with Crippen LogP contribution in [0.4, 0.5) is 68.2 Å². The van der Waals surface area contributed by atoms with Crippen LogP contribution >= 0.6 is 0 Å². The summed E-state index contributed by atoms with van der Waals surface area (Å²) in [7, 11) is 8.48. The van der Waals surface area contributed by atoms with Gasteiger partial charge in [-0.2, -0.15) is 0 Å². The Kier molecular flexibility index (Phi) is 16.7. The first kappa shape index (κ1) is 59.5. The van der Waals surface area contributed by atoms with Crippen LogP contribution in [0.3, 0.4) is 0 Å². The van der Waals surface area contributed by atoms with Crippen molar-refractivity contribution in [1.29, 1.82) is 0 Å². The average molecular weight is 1230 g/mol. The SMILES string of the molecule is COc1ccc(N(c2ccc(C)cc2)c2ccc(-c3ccc(N(c4ccc(OC)cc4)c4ccc5c(c4)c4cc(N(c6ccc(OC)cc6)c6ccc(-c7ccc(N(c8ccc(OC)cc8)c8ccc(OC)cc8)cc7)cc6)ccc4n5-c4ccccc4)cc3)cc2)cc1. The number of aromatic nitrogens is 1. The normalized spacial score (nSPS) is 11.1. The van der Waals surface area contributed by atoms with E-state index >= 15 is 0 Å². The van der Waals surface area contributed by atoms with Gasteiger partial charge in [-0.1, -0.05) is 84.4 Å². The van der Waals surface area contributed by atoms with Gasteiger partial charge < -0.3 is 47.9 Å². The lowest BCUT2D eigenvalue weighted by Crippen LogP contribution is -2.10. The maximum Gasteiger partial charge on any atom is 0.119 e. The van der Waals surface area contributed by atoms with E-state index in [4.69, 9.17) is 23.7 Å². The number of hydrogen-bond acceptors (Lipinski definition) is 9. The number of ether oxygens (including phenoxy) is 5. The summed E-state index contributed by atoms with van der Waals surface area (Å²) in [6, 6.07) is 109. The second-order valence-corrected chi connectivity index (χ2v) is 22.9. The molecule has 0 radical (unpaired) electrons. The third-order valence-corrected chi connectivity index (χ3v) is 17.4. The second kappa shape index (κ2) is 26.4. The van der Waals surface area contributed by atoms with Crippen molar-refractivity contribution < 1.29 is 23.7 Å². The molecule has 0 spiro atoms. The van der Waals surface area contributed by atoms with Crippen molar-refractivity contribution in [2.75, 3.05) is 55.1 Å². The zero-order valence-corrected chi connectivity index (χ0v) is 53.2. The molecule has 14 rings (SSSR count). The fraction of sp³-hybridized carbons (Fsp3) is 0.0714. The predicted octanol–water partition coefficient (Wildman–Crippen LogP) is 22.3. The van der Waals surface area contributed by atoms with E-state index in [9.17, 15) is 0 Å². The highest BCUT2D eigenvalue weighted by atomic mass is 16.5. The minimum Gasteiger partial charge on any atom is -0.497 e. The summed E-state index contributed by atoms with van der Waals surface area (Å²) in [5, 5.41) is 2.21. The van der Waals surface area contributed by atoms with Gasteiger partial charge in [0.25, 0.3) is 0 Å². The average Bonchev–Trinajstić information content (AvgIpc) is 1.59. The van der Waals surface area contributed by atoms with E-state index in [1.165, 1.54) is 5.56 Å². The number of benzene rings is 13. The number of para-hydroxylation sites is 1.